The Morgan fingerprint density at radius 3 is 2.53 bits per heavy atom. The highest BCUT2D eigenvalue weighted by Gasteiger charge is 2.07. The monoisotopic (exact) mass is 311 g/mol. The van der Waals surface area contributed by atoms with Crippen molar-refractivity contribution in [1.82, 2.24) is 0 Å². The van der Waals surface area contributed by atoms with E-state index in [1.807, 2.05) is 12.1 Å². The van der Waals surface area contributed by atoms with Crippen LogP contribution in [0, 0.1) is 0 Å². The second-order valence-electron chi connectivity index (χ2n) is 3.40. The van der Waals surface area contributed by atoms with Gasteiger partial charge < -0.3 is 10.5 Å². The van der Waals surface area contributed by atoms with Gasteiger partial charge in [0.05, 0.1) is 9.35 Å². The molecule has 5 heteroatoms. The molecule has 2 N–H and O–H groups in total. The smallest absolute Gasteiger partial charge is 0.338 e. The van der Waals surface area contributed by atoms with Gasteiger partial charge in [0.1, 0.15) is 6.61 Å². The van der Waals surface area contributed by atoms with Gasteiger partial charge in [0.25, 0.3) is 0 Å². The number of carbonyl (C=O) groups excluding carboxylic acids is 1. The van der Waals surface area contributed by atoms with Crippen LogP contribution in [0.4, 0.5) is 5.69 Å². The van der Waals surface area contributed by atoms with Crippen LogP contribution < -0.4 is 5.73 Å². The molecule has 0 saturated carbocycles. The minimum atomic E-state index is -0.338. The fourth-order valence-electron chi connectivity index (χ4n) is 1.27. The Kier molecular flexibility index (Phi) is 3.81. The minimum absolute atomic E-state index is 0.291. The van der Waals surface area contributed by atoms with Crippen molar-refractivity contribution in [2.24, 2.45) is 0 Å². The second kappa shape index (κ2) is 5.33. The summed E-state index contributed by atoms with van der Waals surface area (Å²) in [5.74, 6) is -0.338. The number of nitrogens with two attached hydrogens (primary N) is 1. The molecule has 2 rings (SSSR count). The number of thiophene rings is 1. The largest absolute Gasteiger partial charge is 0.456 e. The zero-order valence-electron chi connectivity index (χ0n) is 8.85. The van der Waals surface area contributed by atoms with E-state index < -0.39 is 0 Å². The molecule has 0 aliphatic rings. The van der Waals surface area contributed by atoms with Crippen LogP contribution >= 0.6 is 27.3 Å². The molecule has 0 amide bonds. The van der Waals surface area contributed by atoms with Crippen LogP contribution in [0.1, 0.15) is 15.2 Å². The topological polar surface area (TPSA) is 52.3 Å². The van der Waals surface area contributed by atoms with Crippen LogP contribution in [0.15, 0.2) is 40.2 Å². The molecular formula is C12H10BrNO2S. The van der Waals surface area contributed by atoms with Crippen molar-refractivity contribution in [1.29, 1.82) is 0 Å². The van der Waals surface area contributed by atoms with Gasteiger partial charge in [-0.2, -0.15) is 0 Å². The Balaban J connectivity index is 1.95. The summed E-state index contributed by atoms with van der Waals surface area (Å²) in [6.45, 7) is 0.291. The van der Waals surface area contributed by atoms with E-state index in [1.54, 1.807) is 35.6 Å². The maximum Gasteiger partial charge on any atom is 0.338 e. The van der Waals surface area contributed by atoms with Gasteiger partial charge in [-0.15, -0.1) is 11.3 Å². The van der Waals surface area contributed by atoms with Crippen LogP contribution in [0.5, 0.6) is 0 Å². The Morgan fingerprint density at radius 2 is 1.94 bits per heavy atom. The van der Waals surface area contributed by atoms with Gasteiger partial charge >= 0.3 is 5.97 Å². The number of anilines is 1. The summed E-state index contributed by atoms with van der Waals surface area (Å²) in [7, 11) is 0. The van der Waals surface area contributed by atoms with E-state index in [0.717, 1.165) is 8.66 Å². The zero-order valence-corrected chi connectivity index (χ0v) is 11.3. The number of nitrogen functional groups attached to an aromatic ring is 1. The van der Waals surface area contributed by atoms with E-state index in [1.165, 1.54) is 0 Å². The molecule has 0 bridgehead atoms. The molecule has 17 heavy (non-hydrogen) atoms. The normalized spacial score (nSPS) is 10.2. The standard InChI is InChI=1S/C12H10BrNO2S/c13-11-6-5-10(17-11)7-16-12(15)8-1-3-9(14)4-2-8/h1-6H,7,14H2. The third-order valence-corrected chi connectivity index (χ3v) is 3.72. The predicted octanol–water partition coefficient (Wildman–Crippen LogP) is 3.45. The summed E-state index contributed by atoms with van der Waals surface area (Å²) in [5, 5.41) is 0. The highest BCUT2D eigenvalue weighted by Crippen LogP contribution is 2.22. The Morgan fingerprint density at radius 1 is 1.24 bits per heavy atom. The van der Waals surface area contributed by atoms with Crippen LogP contribution in [0.3, 0.4) is 0 Å². The first-order valence-corrected chi connectivity index (χ1v) is 6.53. The van der Waals surface area contributed by atoms with Crippen molar-refractivity contribution in [3.8, 4) is 0 Å². The van der Waals surface area contributed by atoms with Crippen molar-refractivity contribution >= 4 is 38.9 Å². The molecule has 1 aromatic carbocycles. The second-order valence-corrected chi connectivity index (χ2v) is 5.95. The molecule has 1 heterocycles. The number of carbonyl (C=O) groups is 1. The number of ether oxygens (including phenoxy) is 1. The molecule has 0 atom stereocenters. The lowest BCUT2D eigenvalue weighted by atomic mass is 10.2. The molecule has 0 unspecified atom stereocenters. The molecule has 0 aliphatic carbocycles. The van der Waals surface area contributed by atoms with E-state index in [9.17, 15) is 4.79 Å². The average molecular weight is 312 g/mol. The predicted molar refractivity (Wildman–Crippen MR) is 72.0 cm³/mol. The van der Waals surface area contributed by atoms with Gasteiger partial charge in [-0.05, 0) is 52.3 Å². The maximum atomic E-state index is 11.7. The summed E-state index contributed by atoms with van der Waals surface area (Å²) < 4.78 is 6.20. The van der Waals surface area contributed by atoms with Gasteiger partial charge in [0.15, 0.2) is 0 Å². The first-order valence-electron chi connectivity index (χ1n) is 4.92. The molecule has 0 aliphatic heterocycles. The zero-order chi connectivity index (χ0) is 12.3. The Labute approximate surface area is 111 Å². The lowest BCUT2D eigenvalue weighted by Gasteiger charge is -2.03. The molecule has 0 radical (unpaired) electrons. The summed E-state index contributed by atoms with van der Waals surface area (Å²) in [4.78, 5) is 12.7. The molecule has 0 saturated heterocycles. The average Bonchev–Trinajstić information content (AvgIpc) is 2.73. The van der Waals surface area contributed by atoms with E-state index >= 15 is 0 Å². The number of rotatable bonds is 3. The van der Waals surface area contributed by atoms with Gasteiger partial charge in [-0.1, -0.05) is 0 Å². The van der Waals surface area contributed by atoms with Crippen molar-refractivity contribution in [3.05, 3.63) is 50.6 Å². The number of hydrogen-bond acceptors (Lipinski definition) is 4. The number of esters is 1. The molecule has 88 valence electrons. The summed E-state index contributed by atoms with van der Waals surface area (Å²) in [6.07, 6.45) is 0. The third kappa shape index (κ3) is 3.31. The van der Waals surface area contributed by atoms with Crippen LogP contribution in [0.2, 0.25) is 0 Å². The maximum absolute atomic E-state index is 11.7. The fourth-order valence-corrected chi connectivity index (χ4v) is 2.66. The molecule has 2 aromatic rings. The molecular weight excluding hydrogens is 302 g/mol. The molecule has 1 aromatic heterocycles. The number of hydrogen-bond donors (Lipinski definition) is 1. The van der Waals surface area contributed by atoms with Crippen LogP contribution in [0.25, 0.3) is 0 Å². The molecule has 0 spiro atoms. The number of benzene rings is 1. The highest BCUT2D eigenvalue weighted by atomic mass is 79.9. The van der Waals surface area contributed by atoms with Crippen molar-refractivity contribution in [3.63, 3.8) is 0 Å². The van der Waals surface area contributed by atoms with E-state index in [-0.39, 0.29) is 5.97 Å². The Bertz CT molecular complexity index is 522. The minimum Gasteiger partial charge on any atom is -0.456 e. The first kappa shape index (κ1) is 12.1. The van der Waals surface area contributed by atoms with Crippen LogP contribution in [-0.4, -0.2) is 5.97 Å². The SMILES string of the molecule is Nc1ccc(C(=O)OCc2ccc(Br)s2)cc1. The van der Waals surface area contributed by atoms with Gasteiger partial charge in [0, 0.05) is 10.6 Å². The third-order valence-electron chi connectivity index (χ3n) is 2.12. The van der Waals surface area contributed by atoms with Gasteiger partial charge in [-0.3, -0.25) is 0 Å². The van der Waals surface area contributed by atoms with Crippen LogP contribution in [-0.2, 0) is 11.3 Å². The number of halogens is 1. The quantitative estimate of drug-likeness (QED) is 0.697. The fraction of sp³-hybridized carbons (Fsp3) is 0.0833. The Hall–Kier alpha value is -1.33. The lowest BCUT2D eigenvalue weighted by molar-refractivity contribution is 0.0477. The van der Waals surface area contributed by atoms with E-state index in [0.29, 0.717) is 17.9 Å². The first-order chi connectivity index (χ1) is 8.15. The summed E-state index contributed by atoms with van der Waals surface area (Å²) >= 11 is 4.90. The highest BCUT2D eigenvalue weighted by molar-refractivity contribution is 9.11. The molecule has 3 nitrogen and oxygen atoms in total. The lowest BCUT2D eigenvalue weighted by Crippen LogP contribution is -2.04. The summed E-state index contributed by atoms with van der Waals surface area (Å²) in [6, 6.07) is 10.5. The molecule has 0 fully saturated rings. The van der Waals surface area contributed by atoms with E-state index in [4.69, 9.17) is 10.5 Å². The van der Waals surface area contributed by atoms with E-state index in [2.05, 4.69) is 15.9 Å². The summed E-state index contributed by atoms with van der Waals surface area (Å²) in [5.41, 5.74) is 6.68. The van der Waals surface area contributed by atoms with Crippen molar-refractivity contribution in [2.75, 3.05) is 5.73 Å². The van der Waals surface area contributed by atoms with Crippen molar-refractivity contribution in [2.45, 2.75) is 6.61 Å². The van der Waals surface area contributed by atoms with Gasteiger partial charge in [0.2, 0.25) is 0 Å². The van der Waals surface area contributed by atoms with Crippen molar-refractivity contribution < 1.29 is 9.53 Å². The van der Waals surface area contributed by atoms with Gasteiger partial charge in [-0.25, -0.2) is 4.79 Å².